The maximum absolute atomic E-state index is 5.32. The van der Waals surface area contributed by atoms with Crippen LogP contribution >= 0.6 is 0 Å². The van der Waals surface area contributed by atoms with Crippen molar-refractivity contribution in [3.63, 3.8) is 0 Å². The van der Waals surface area contributed by atoms with Gasteiger partial charge in [-0.25, -0.2) is 9.98 Å². The summed E-state index contributed by atoms with van der Waals surface area (Å²) >= 11 is 0. The second-order valence-electron chi connectivity index (χ2n) is 14.6. The van der Waals surface area contributed by atoms with Crippen molar-refractivity contribution in [2.75, 3.05) is 0 Å². The van der Waals surface area contributed by atoms with Gasteiger partial charge in [0, 0.05) is 33.2 Å². The van der Waals surface area contributed by atoms with Crippen molar-refractivity contribution in [3.8, 4) is 27.9 Å². The van der Waals surface area contributed by atoms with Crippen LogP contribution in [0.2, 0.25) is 0 Å². The number of fused-ring (bicyclic) bond motifs is 6. The minimum absolute atomic E-state index is 0.450. The molecule has 9 aromatic carbocycles. The summed E-state index contributed by atoms with van der Waals surface area (Å²) in [5.41, 5.74) is 11.2. The Bertz CT molecular complexity index is 3190. The largest absolute Gasteiger partial charge is 0.324 e. The highest BCUT2D eigenvalue weighted by Gasteiger charge is 2.23. The van der Waals surface area contributed by atoms with Crippen molar-refractivity contribution < 1.29 is 0 Å². The van der Waals surface area contributed by atoms with Gasteiger partial charge in [0.25, 0.3) is 0 Å². The van der Waals surface area contributed by atoms with Crippen LogP contribution in [0.3, 0.4) is 0 Å². The molecule has 2 heterocycles. The monoisotopic (exact) mass is 728 g/mol. The molecule has 0 amide bonds. The normalized spacial score (nSPS) is 14.1. The number of hydrogen-bond acceptors (Lipinski definition) is 3. The Kier molecular flexibility index (Phi) is 7.85. The Morgan fingerprint density at radius 3 is 1.75 bits per heavy atom. The van der Waals surface area contributed by atoms with E-state index >= 15 is 0 Å². The summed E-state index contributed by atoms with van der Waals surface area (Å²) in [6, 6.07) is 73.5. The van der Waals surface area contributed by atoms with Crippen LogP contribution in [0, 0.1) is 0 Å². The molecule has 1 N–H and O–H groups in total. The fourth-order valence-electron chi connectivity index (χ4n) is 8.47. The molecule has 0 spiro atoms. The van der Waals surface area contributed by atoms with Gasteiger partial charge in [-0.05, 0) is 80.2 Å². The third kappa shape index (κ3) is 5.78. The zero-order valence-corrected chi connectivity index (χ0v) is 31.0. The fraction of sp³-hybridized carbons (Fsp3) is 0.0189. The second kappa shape index (κ2) is 13.6. The Labute approximate surface area is 330 Å². The molecular formula is C53H36N4. The lowest BCUT2D eigenvalue weighted by molar-refractivity contribution is 0.757. The lowest BCUT2D eigenvalue weighted by atomic mass is 9.97. The van der Waals surface area contributed by atoms with Crippen molar-refractivity contribution in [2.45, 2.75) is 6.17 Å². The van der Waals surface area contributed by atoms with Crippen LogP contribution < -0.4 is 5.32 Å². The Balaban J connectivity index is 0.991. The summed E-state index contributed by atoms with van der Waals surface area (Å²) in [6.45, 7) is 0. The maximum Gasteiger partial charge on any atom is 0.170 e. The van der Waals surface area contributed by atoms with Crippen LogP contribution in [0.25, 0.3) is 71.3 Å². The van der Waals surface area contributed by atoms with Crippen LogP contribution in [-0.4, -0.2) is 16.2 Å². The van der Waals surface area contributed by atoms with Gasteiger partial charge in [-0.1, -0.05) is 170 Å². The number of hydrogen-bond donors (Lipinski definition) is 1. The number of aliphatic imine (C=N–C) groups is 2. The zero-order chi connectivity index (χ0) is 37.7. The number of nitrogens with one attached hydrogen (secondary N) is 1. The molecule has 0 bridgehead atoms. The van der Waals surface area contributed by atoms with Crippen molar-refractivity contribution in [3.05, 3.63) is 223 Å². The molecule has 0 aliphatic carbocycles. The number of aromatic nitrogens is 1. The molecule has 11 rings (SSSR count). The van der Waals surface area contributed by atoms with Gasteiger partial charge in [0.05, 0.1) is 11.0 Å². The Hall–Kier alpha value is -7.56. The van der Waals surface area contributed by atoms with Crippen molar-refractivity contribution in [1.29, 1.82) is 0 Å². The van der Waals surface area contributed by atoms with Crippen LogP contribution in [-0.2, 0) is 0 Å². The maximum atomic E-state index is 5.32. The Morgan fingerprint density at radius 2 is 0.965 bits per heavy atom. The first-order valence-corrected chi connectivity index (χ1v) is 19.4. The molecule has 0 fully saturated rings. The van der Waals surface area contributed by atoms with E-state index in [2.05, 4.69) is 210 Å². The third-order valence-electron chi connectivity index (χ3n) is 11.2. The van der Waals surface area contributed by atoms with Gasteiger partial charge < -0.3 is 9.88 Å². The molecule has 0 saturated carbocycles. The molecular weight excluding hydrogens is 693 g/mol. The zero-order valence-electron chi connectivity index (χ0n) is 31.0. The van der Waals surface area contributed by atoms with Gasteiger partial charge >= 0.3 is 0 Å². The van der Waals surface area contributed by atoms with E-state index in [9.17, 15) is 0 Å². The highest BCUT2D eigenvalue weighted by Crippen LogP contribution is 2.38. The van der Waals surface area contributed by atoms with E-state index in [1.165, 1.54) is 49.1 Å². The van der Waals surface area contributed by atoms with Crippen LogP contribution in [0.15, 0.2) is 216 Å². The van der Waals surface area contributed by atoms with Crippen LogP contribution in [0.1, 0.15) is 22.9 Å². The van der Waals surface area contributed by atoms with E-state index in [1.54, 1.807) is 0 Å². The first-order chi connectivity index (χ1) is 28.2. The van der Waals surface area contributed by atoms with Gasteiger partial charge in [-0.15, -0.1) is 0 Å². The van der Waals surface area contributed by atoms with E-state index < -0.39 is 6.17 Å². The third-order valence-corrected chi connectivity index (χ3v) is 11.2. The summed E-state index contributed by atoms with van der Waals surface area (Å²) in [6.07, 6.45) is -0.450. The van der Waals surface area contributed by atoms with E-state index in [1.807, 2.05) is 6.07 Å². The molecule has 1 atom stereocenters. The highest BCUT2D eigenvalue weighted by molar-refractivity contribution is 6.21. The molecule has 1 aliphatic rings. The van der Waals surface area contributed by atoms with E-state index in [0.717, 1.165) is 50.6 Å². The molecule has 4 nitrogen and oxygen atoms in total. The number of nitrogens with zero attached hydrogens (tertiary/aromatic N) is 3. The number of benzene rings is 9. The summed E-state index contributed by atoms with van der Waals surface area (Å²) in [5.74, 6) is 1.60. The number of rotatable bonds is 6. The van der Waals surface area contributed by atoms with Crippen LogP contribution in [0.4, 0.5) is 0 Å². The molecule has 0 radical (unpaired) electrons. The molecule has 1 unspecified atom stereocenters. The standard InChI is InChI=1S/C53H36N4/c1-3-13-35(14-4-1)39-23-24-41-34-42(26-25-40(41)33-39)52-54-51(38-16-5-2-6-17-38)55-53(56-52)46-20-10-9-18-44(46)37-27-30-43(31-28-37)57-48-22-12-11-21-47(48)50-45-19-8-7-15-36(45)29-32-49(50)57/h1-34,53H,(H,54,55,56). The summed E-state index contributed by atoms with van der Waals surface area (Å²) in [5, 5.41) is 11.0. The fourth-order valence-corrected chi connectivity index (χ4v) is 8.47. The second-order valence-corrected chi connectivity index (χ2v) is 14.6. The van der Waals surface area contributed by atoms with Gasteiger partial charge in [-0.2, -0.15) is 0 Å². The molecule has 57 heavy (non-hydrogen) atoms. The van der Waals surface area contributed by atoms with E-state index in [-0.39, 0.29) is 0 Å². The van der Waals surface area contributed by atoms with E-state index in [0.29, 0.717) is 0 Å². The van der Waals surface area contributed by atoms with Crippen LogP contribution in [0.5, 0.6) is 0 Å². The first kappa shape index (κ1) is 32.8. The predicted molar refractivity (Wildman–Crippen MR) is 238 cm³/mol. The lowest BCUT2D eigenvalue weighted by Crippen LogP contribution is -2.36. The first-order valence-electron chi connectivity index (χ1n) is 19.4. The lowest BCUT2D eigenvalue weighted by Gasteiger charge is -2.24. The highest BCUT2D eigenvalue weighted by atomic mass is 15.2. The molecule has 4 heteroatoms. The summed E-state index contributed by atoms with van der Waals surface area (Å²) in [7, 11) is 0. The molecule has 10 aromatic rings. The molecule has 268 valence electrons. The molecule has 1 aliphatic heterocycles. The van der Waals surface area contributed by atoms with Crippen molar-refractivity contribution in [1.82, 2.24) is 9.88 Å². The Morgan fingerprint density at radius 1 is 0.386 bits per heavy atom. The van der Waals surface area contributed by atoms with Crippen molar-refractivity contribution >= 4 is 55.0 Å². The summed E-state index contributed by atoms with van der Waals surface area (Å²) in [4.78, 5) is 10.6. The van der Waals surface area contributed by atoms with Gasteiger partial charge in [-0.3, -0.25) is 0 Å². The average Bonchev–Trinajstić information content (AvgIpc) is 3.64. The number of para-hydroxylation sites is 1. The smallest absolute Gasteiger partial charge is 0.170 e. The number of amidine groups is 2. The minimum Gasteiger partial charge on any atom is -0.324 e. The minimum atomic E-state index is -0.450. The summed E-state index contributed by atoms with van der Waals surface area (Å²) < 4.78 is 2.39. The van der Waals surface area contributed by atoms with Gasteiger partial charge in [0.2, 0.25) is 0 Å². The molecule has 0 saturated heterocycles. The predicted octanol–water partition coefficient (Wildman–Crippen LogP) is 12.9. The van der Waals surface area contributed by atoms with E-state index in [4.69, 9.17) is 9.98 Å². The average molecular weight is 729 g/mol. The van der Waals surface area contributed by atoms with Crippen molar-refractivity contribution in [2.24, 2.45) is 9.98 Å². The van der Waals surface area contributed by atoms with Gasteiger partial charge in [0.1, 0.15) is 11.7 Å². The molecule has 1 aromatic heterocycles. The quantitative estimate of drug-likeness (QED) is 0.182. The topological polar surface area (TPSA) is 41.7 Å². The SMILES string of the molecule is c1ccc(C2=NC(c3ccccc3-c3ccc(-n4c5ccccc5c5c6ccccc6ccc54)cc3)N=C(c3ccc4cc(-c5ccccc5)ccc4c3)N2)cc1. The van der Waals surface area contributed by atoms with Gasteiger partial charge in [0.15, 0.2) is 6.17 Å².